The van der Waals surface area contributed by atoms with E-state index in [0.717, 1.165) is 17.9 Å². The Labute approximate surface area is 247 Å². The van der Waals surface area contributed by atoms with Crippen molar-refractivity contribution < 1.29 is 24.1 Å². The summed E-state index contributed by atoms with van der Waals surface area (Å²) in [6, 6.07) is 6.24. The molecule has 0 spiro atoms. The lowest BCUT2D eigenvalue weighted by atomic mass is 10.0. The molecule has 2 amide bonds. The number of hydrogen-bond acceptors (Lipinski definition) is 7. The SMILES string of the molecule is NCCC[n+]1ccc(SCC2=C(C(=O)O)N3C(=O)[C@H](NC(=O)CSc4cc(Cl)c(Cl)cc4Cl)[C@H]3SC2)cc1. The van der Waals surface area contributed by atoms with Gasteiger partial charge in [0, 0.05) is 39.9 Å². The smallest absolute Gasteiger partial charge is 0.352 e. The van der Waals surface area contributed by atoms with Gasteiger partial charge in [0.1, 0.15) is 23.7 Å². The fourth-order valence-electron chi connectivity index (χ4n) is 3.90. The number of aromatic nitrogens is 1. The molecule has 14 heteroatoms. The second-order valence-corrected chi connectivity index (χ2v) is 12.8. The minimum atomic E-state index is -1.15. The fourth-order valence-corrected chi connectivity index (χ4v) is 7.81. The van der Waals surface area contributed by atoms with Crippen molar-refractivity contribution in [3.8, 4) is 0 Å². The maximum atomic E-state index is 12.9. The molecule has 0 unspecified atom stereocenters. The Balaban J connectivity index is 1.35. The molecule has 4 N–H and O–H groups in total. The van der Waals surface area contributed by atoms with E-state index in [-0.39, 0.29) is 17.4 Å². The number of halogens is 3. The molecule has 1 saturated heterocycles. The Kier molecular flexibility index (Phi) is 10.2. The molecule has 0 aliphatic carbocycles. The summed E-state index contributed by atoms with van der Waals surface area (Å²) in [5, 5.41) is 13.2. The maximum Gasteiger partial charge on any atom is 0.352 e. The molecule has 2 aromatic rings. The third kappa shape index (κ3) is 6.75. The number of carbonyl (C=O) groups is 3. The molecule has 8 nitrogen and oxygen atoms in total. The van der Waals surface area contributed by atoms with Crippen LogP contribution in [-0.2, 0) is 20.9 Å². The van der Waals surface area contributed by atoms with Crippen molar-refractivity contribution in [1.29, 1.82) is 0 Å². The normalized spacial score (nSPS) is 18.7. The van der Waals surface area contributed by atoms with Crippen LogP contribution in [0.3, 0.4) is 0 Å². The highest BCUT2D eigenvalue weighted by Gasteiger charge is 2.54. The zero-order chi connectivity index (χ0) is 27.4. The van der Waals surface area contributed by atoms with Gasteiger partial charge in [-0.05, 0) is 24.3 Å². The number of nitrogens with zero attached hydrogens (tertiary/aromatic N) is 2. The van der Waals surface area contributed by atoms with Crippen LogP contribution < -0.4 is 15.6 Å². The quantitative estimate of drug-likeness (QED) is 0.148. The molecule has 0 radical (unpaired) electrons. The summed E-state index contributed by atoms with van der Waals surface area (Å²) in [6.07, 6.45) is 4.83. The van der Waals surface area contributed by atoms with Gasteiger partial charge in [0.25, 0.3) is 5.91 Å². The highest BCUT2D eigenvalue weighted by Crippen LogP contribution is 2.42. The van der Waals surface area contributed by atoms with Gasteiger partial charge in [0.15, 0.2) is 12.4 Å². The van der Waals surface area contributed by atoms with E-state index in [1.54, 1.807) is 6.07 Å². The minimum Gasteiger partial charge on any atom is -0.477 e. The second kappa shape index (κ2) is 13.2. The lowest BCUT2D eigenvalue weighted by Gasteiger charge is -2.49. The monoisotopic (exact) mass is 633 g/mol. The van der Waals surface area contributed by atoms with Crippen LogP contribution in [0.5, 0.6) is 0 Å². The van der Waals surface area contributed by atoms with Gasteiger partial charge in [0.2, 0.25) is 5.91 Å². The Morgan fingerprint density at radius 3 is 2.55 bits per heavy atom. The van der Waals surface area contributed by atoms with E-state index >= 15 is 0 Å². The summed E-state index contributed by atoms with van der Waals surface area (Å²) in [7, 11) is 0. The van der Waals surface area contributed by atoms with E-state index in [9.17, 15) is 19.5 Å². The number of pyridine rings is 1. The molecule has 1 fully saturated rings. The number of rotatable bonds is 11. The second-order valence-electron chi connectivity index (χ2n) is 8.40. The van der Waals surface area contributed by atoms with Gasteiger partial charge >= 0.3 is 5.97 Å². The molecular formula is C24H24Cl3N4O4S3+. The molecule has 3 heterocycles. The number of aliphatic carboxylic acids is 1. The first-order chi connectivity index (χ1) is 18.2. The topological polar surface area (TPSA) is 117 Å². The van der Waals surface area contributed by atoms with Crippen molar-refractivity contribution in [1.82, 2.24) is 10.2 Å². The van der Waals surface area contributed by atoms with Crippen LogP contribution in [0.25, 0.3) is 0 Å². The van der Waals surface area contributed by atoms with Gasteiger partial charge in [-0.2, -0.15) is 0 Å². The predicted molar refractivity (Wildman–Crippen MR) is 153 cm³/mol. The zero-order valence-electron chi connectivity index (χ0n) is 19.9. The number of carboxylic acid groups (broad SMARTS) is 1. The molecule has 202 valence electrons. The van der Waals surface area contributed by atoms with E-state index in [2.05, 4.69) is 5.32 Å². The number of nitrogens with two attached hydrogens (primary N) is 1. The third-order valence-electron chi connectivity index (χ3n) is 5.79. The molecule has 0 bridgehead atoms. The summed E-state index contributed by atoms with van der Waals surface area (Å²) in [6.45, 7) is 1.46. The first-order valence-electron chi connectivity index (χ1n) is 11.5. The highest BCUT2D eigenvalue weighted by atomic mass is 35.5. The highest BCUT2D eigenvalue weighted by molar-refractivity contribution is 8.01. The number of nitrogens with one attached hydrogen (secondary N) is 1. The summed E-state index contributed by atoms with van der Waals surface area (Å²) >= 11 is 22.3. The largest absolute Gasteiger partial charge is 0.477 e. The van der Waals surface area contributed by atoms with Gasteiger partial charge in [-0.3, -0.25) is 14.5 Å². The molecule has 2 atom stereocenters. The third-order valence-corrected chi connectivity index (χ3v) is 10.4. The lowest BCUT2D eigenvalue weighted by Crippen LogP contribution is -2.70. The summed E-state index contributed by atoms with van der Waals surface area (Å²) in [5.74, 6) is -1.06. The molecular weight excluding hydrogens is 611 g/mol. The van der Waals surface area contributed by atoms with Crippen molar-refractivity contribution in [2.24, 2.45) is 5.73 Å². The Morgan fingerprint density at radius 2 is 1.87 bits per heavy atom. The molecule has 2 aliphatic rings. The Hall–Kier alpha value is -1.60. The van der Waals surface area contributed by atoms with E-state index < -0.39 is 23.3 Å². The maximum absolute atomic E-state index is 12.9. The number of carbonyl (C=O) groups excluding carboxylic acids is 2. The number of hydrogen-bond donors (Lipinski definition) is 3. The van der Waals surface area contributed by atoms with Gasteiger partial charge in [-0.25, -0.2) is 9.36 Å². The number of carboxylic acids is 1. The average molecular weight is 635 g/mol. The fraction of sp³-hybridized carbons (Fsp3) is 0.333. The molecule has 38 heavy (non-hydrogen) atoms. The Bertz CT molecular complexity index is 1280. The van der Waals surface area contributed by atoms with Gasteiger partial charge in [-0.15, -0.1) is 35.3 Å². The standard InChI is InChI=1S/C24H23Cl3N4O4S3/c25-15-8-17(27)18(9-16(15)26)37-12-19(32)29-20-22(33)31-21(24(34)35)13(11-38-23(20)31)10-36-14-2-6-30(7-3-14)5-1-4-28/h2-3,6-9,20,23H,1,4-5,10-12,28H2,(H-,29,32,34,35)/p+1/t20-,23+/m0/s1. The first kappa shape index (κ1) is 29.4. The number of benzene rings is 1. The molecule has 0 saturated carbocycles. The molecule has 1 aromatic carbocycles. The van der Waals surface area contributed by atoms with Gasteiger partial charge < -0.3 is 16.2 Å². The van der Waals surface area contributed by atoms with Crippen LogP contribution in [0.4, 0.5) is 0 Å². The summed E-state index contributed by atoms with van der Waals surface area (Å²) < 4.78 is 2.05. The molecule has 4 rings (SSSR count). The van der Waals surface area contributed by atoms with E-state index in [1.807, 2.05) is 29.1 Å². The molecule has 2 aliphatic heterocycles. The van der Waals surface area contributed by atoms with Crippen LogP contribution in [-0.4, -0.2) is 63.0 Å². The number of amides is 2. The zero-order valence-corrected chi connectivity index (χ0v) is 24.6. The van der Waals surface area contributed by atoms with Crippen LogP contribution in [0.15, 0.2) is 57.7 Å². The van der Waals surface area contributed by atoms with Crippen LogP contribution in [0.1, 0.15) is 6.42 Å². The minimum absolute atomic E-state index is 0.00246. The van der Waals surface area contributed by atoms with Gasteiger partial charge in [0.05, 0.1) is 20.8 Å². The van der Waals surface area contributed by atoms with E-state index in [0.29, 0.717) is 43.6 Å². The van der Waals surface area contributed by atoms with Crippen molar-refractivity contribution in [3.63, 3.8) is 0 Å². The Morgan fingerprint density at radius 1 is 1.16 bits per heavy atom. The van der Waals surface area contributed by atoms with Gasteiger partial charge in [-0.1, -0.05) is 34.8 Å². The van der Waals surface area contributed by atoms with Crippen LogP contribution in [0, 0.1) is 0 Å². The van der Waals surface area contributed by atoms with Crippen LogP contribution >= 0.6 is 70.1 Å². The van der Waals surface area contributed by atoms with Crippen molar-refractivity contribution >= 4 is 87.9 Å². The van der Waals surface area contributed by atoms with Crippen molar-refractivity contribution in [2.45, 2.75) is 34.2 Å². The number of β-lactam (4-membered cyclic amide) rings is 1. The molecule has 1 aromatic heterocycles. The average Bonchev–Trinajstić information content (AvgIpc) is 2.90. The number of fused-ring (bicyclic) bond motifs is 1. The number of aryl methyl sites for hydroxylation is 1. The number of thioether (sulfide) groups is 3. The van der Waals surface area contributed by atoms with Crippen molar-refractivity contribution in [2.75, 3.05) is 23.8 Å². The summed E-state index contributed by atoms with van der Waals surface area (Å²) in [5.41, 5.74) is 6.23. The van der Waals surface area contributed by atoms with E-state index in [4.69, 9.17) is 40.5 Å². The predicted octanol–water partition coefficient (Wildman–Crippen LogP) is 3.91. The lowest BCUT2D eigenvalue weighted by molar-refractivity contribution is -0.697. The van der Waals surface area contributed by atoms with E-state index in [1.165, 1.54) is 46.3 Å². The first-order valence-corrected chi connectivity index (χ1v) is 15.6. The van der Waals surface area contributed by atoms with Crippen molar-refractivity contribution in [3.05, 3.63) is 63.0 Å². The summed E-state index contributed by atoms with van der Waals surface area (Å²) in [4.78, 5) is 40.5. The van der Waals surface area contributed by atoms with Crippen LogP contribution in [0.2, 0.25) is 15.1 Å².